The van der Waals surface area contributed by atoms with E-state index in [-0.39, 0.29) is 11.3 Å². The lowest BCUT2D eigenvalue weighted by Crippen LogP contribution is -2.27. The molecule has 1 atom stereocenters. The van der Waals surface area contributed by atoms with E-state index in [1.54, 1.807) is 13.8 Å². The van der Waals surface area contributed by atoms with Gasteiger partial charge in [0.25, 0.3) is 0 Å². The second-order valence-electron chi connectivity index (χ2n) is 3.27. The van der Waals surface area contributed by atoms with Crippen molar-refractivity contribution < 1.29 is 14.3 Å². The minimum atomic E-state index is -0.733. The van der Waals surface area contributed by atoms with Crippen molar-refractivity contribution in [3.63, 3.8) is 0 Å². The number of carbonyl (C=O) groups is 1. The lowest BCUT2D eigenvalue weighted by Gasteiger charge is -2.08. The number of benzene rings is 1. The van der Waals surface area contributed by atoms with Crippen molar-refractivity contribution >= 4 is 5.78 Å². The summed E-state index contributed by atoms with van der Waals surface area (Å²) in [5.41, 5.74) is 6.14. The lowest BCUT2D eigenvalue weighted by atomic mass is 10.0. The first-order valence-corrected chi connectivity index (χ1v) is 4.22. The number of aromatic hydroxyl groups is 1. The summed E-state index contributed by atoms with van der Waals surface area (Å²) in [5.74, 6) is -1.57. The molecule has 0 fully saturated rings. The van der Waals surface area contributed by atoms with Gasteiger partial charge in [0.2, 0.25) is 0 Å². The van der Waals surface area contributed by atoms with Crippen molar-refractivity contribution in [3.05, 3.63) is 29.1 Å². The number of aryl methyl sites for hydroxylation is 1. The van der Waals surface area contributed by atoms with Crippen LogP contribution in [0.5, 0.6) is 5.75 Å². The Labute approximate surface area is 81.4 Å². The zero-order valence-electron chi connectivity index (χ0n) is 8.04. The van der Waals surface area contributed by atoms with Gasteiger partial charge in [-0.2, -0.15) is 0 Å². The molecule has 0 amide bonds. The molecule has 0 aliphatic carbocycles. The molecular formula is C10H12FNO2. The van der Waals surface area contributed by atoms with E-state index in [0.717, 1.165) is 12.1 Å². The third-order valence-corrected chi connectivity index (χ3v) is 1.97. The van der Waals surface area contributed by atoms with E-state index in [1.165, 1.54) is 0 Å². The minimum absolute atomic E-state index is 0.263. The number of halogens is 1. The van der Waals surface area contributed by atoms with Gasteiger partial charge in [0.1, 0.15) is 0 Å². The van der Waals surface area contributed by atoms with Crippen LogP contribution in [0.2, 0.25) is 0 Å². The summed E-state index contributed by atoms with van der Waals surface area (Å²) in [7, 11) is 0. The summed E-state index contributed by atoms with van der Waals surface area (Å²) in [5, 5.41) is 9.09. The fraction of sp³-hybridized carbons (Fsp3) is 0.300. The monoisotopic (exact) mass is 197 g/mol. The highest BCUT2D eigenvalue weighted by molar-refractivity contribution is 6.01. The highest BCUT2D eigenvalue weighted by atomic mass is 19.1. The van der Waals surface area contributed by atoms with Gasteiger partial charge >= 0.3 is 0 Å². The van der Waals surface area contributed by atoms with E-state index in [0.29, 0.717) is 5.56 Å². The molecule has 0 heterocycles. The van der Waals surface area contributed by atoms with Gasteiger partial charge < -0.3 is 10.8 Å². The average molecular weight is 197 g/mol. The SMILES string of the molecule is Cc1cc(F)c(O)cc1C(=O)C(C)N. The molecule has 0 aromatic heterocycles. The number of nitrogens with two attached hydrogens (primary N) is 1. The summed E-state index contributed by atoms with van der Waals surface area (Å²) in [6.45, 7) is 3.14. The number of phenolic OH excluding ortho intramolecular Hbond substituents is 1. The van der Waals surface area contributed by atoms with Crippen LogP contribution in [0.4, 0.5) is 4.39 Å². The Kier molecular flexibility index (Phi) is 2.86. The number of rotatable bonds is 2. The van der Waals surface area contributed by atoms with Crippen LogP contribution in [-0.2, 0) is 0 Å². The van der Waals surface area contributed by atoms with Gasteiger partial charge in [-0.15, -0.1) is 0 Å². The Morgan fingerprint density at radius 2 is 2.14 bits per heavy atom. The van der Waals surface area contributed by atoms with Crippen LogP contribution >= 0.6 is 0 Å². The fourth-order valence-electron chi connectivity index (χ4n) is 1.17. The van der Waals surface area contributed by atoms with Crippen LogP contribution in [0.15, 0.2) is 12.1 Å². The number of Topliss-reactive ketones (excluding diaryl/α,β-unsaturated/α-hetero) is 1. The van der Waals surface area contributed by atoms with Gasteiger partial charge in [-0.3, -0.25) is 4.79 Å². The quantitative estimate of drug-likeness (QED) is 0.704. The van der Waals surface area contributed by atoms with Crippen LogP contribution in [0, 0.1) is 12.7 Å². The maximum atomic E-state index is 12.8. The number of phenols is 1. The summed E-state index contributed by atoms with van der Waals surface area (Å²) in [6.07, 6.45) is 0. The van der Waals surface area contributed by atoms with E-state index in [1.807, 2.05) is 0 Å². The fourth-order valence-corrected chi connectivity index (χ4v) is 1.17. The first-order valence-electron chi connectivity index (χ1n) is 4.22. The van der Waals surface area contributed by atoms with Gasteiger partial charge in [0, 0.05) is 5.56 Å². The normalized spacial score (nSPS) is 12.6. The molecule has 1 aromatic carbocycles. The third-order valence-electron chi connectivity index (χ3n) is 1.97. The van der Waals surface area contributed by atoms with Crippen LogP contribution in [0.25, 0.3) is 0 Å². The van der Waals surface area contributed by atoms with Crippen LogP contribution < -0.4 is 5.73 Å². The Bertz CT molecular complexity index is 375. The van der Waals surface area contributed by atoms with Crippen molar-refractivity contribution in [3.8, 4) is 5.75 Å². The summed E-state index contributed by atoms with van der Waals surface area (Å²) in [4.78, 5) is 11.5. The highest BCUT2D eigenvalue weighted by Gasteiger charge is 2.15. The molecule has 0 aliphatic heterocycles. The molecule has 76 valence electrons. The molecule has 0 saturated carbocycles. The molecule has 0 radical (unpaired) electrons. The van der Waals surface area contributed by atoms with Crippen LogP contribution in [0.1, 0.15) is 22.8 Å². The Morgan fingerprint density at radius 3 is 2.64 bits per heavy atom. The van der Waals surface area contributed by atoms with E-state index in [2.05, 4.69) is 0 Å². The molecule has 0 saturated heterocycles. The second kappa shape index (κ2) is 3.75. The largest absolute Gasteiger partial charge is 0.505 e. The first-order chi connectivity index (χ1) is 6.43. The summed E-state index contributed by atoms with van der Waals surface area (Å²) in [6, 6.07) is 1.57. The van der Waals surface area contributed by atoms with Crippen molar-refractivity contribution in [2.45, 2.75) is 19.9 Å². The van der Waals surface area contributed by atoms with Crippen LogP contribution in [-0.4, -0.2) is 16.9 Å². The second-order valence-corrected chi connectivity index (χ2v) is 3.27. The Morgan fingerprint density at radius 1 is 1.57 bits per heavy atom. The van der Waals surface area contributed by atoms with Crippen molar-refractivity contribution in [2.75, 3.05) is 0 Å². The smallest absolute Gasteiger partial charge is 0.179 e. The number of hydrogen-bond acceptors (Lipinski definition) is 3. The van der Waals surface area contributed by atoms with Gasteiger partial charge in [-0.1, -0.05) is 0 Å². The Balaban J connectivity index is 3.22. The maximum Gasteiger partial charge on any atom is 0.179 e. The predicted octanol–water partition coefficient (Wildman–Crippen LogP) is 1.37. The van der Waals surface area contributed by atoms with Crippen LogP contribution in [0.3, 0.4) is 0 Å². The topological polar surface area (TPSA) is 63.3 Å². The Hall–Kier alpha value is -1.42. The molecule has 3 N–H and O–H groups in total. The molecule has 0 spiro atoms. The lowest BCUT2D eigenvalue weighted by molar-refractivity contribution is 0.0967. The van der Waals surface area contributed by atoms with E-state index in [9.17, 15) is 9.18 Å². The third kappa shape index (κ3) is 1.90. The van der Waals surface area contributed by atoms with Gasteiger partial charge in [0.05, 0.1) is 6.04 Å². The maximum absolute atomic E-state index is 12.8. The molecule has 0 aliphatic rings. The molecular weight excluding hydrogens is 185 g/mol. The molecule has 1 rings (SSSR count). The average Bonchev–Trinajstić information content (AvgIpc) is 2.10. The van der Waals surface area contributed by atoms with Crippen molar-refractivity contribution in [1.82, 2.24) is 0 Å². The van der Waals surface area contributed by atoms with E-state index in [4.69, 9.17) is 10.8 Å². The van der Waals surface area contributed by atoms with Gasteiger partial charge in [-0.05, 0) is 31.5 Å². The summed E-state index contributed by atoms with van der Waals surface area (Å²) >= 11 is 0. The molecule has 4 heteroatoms. The molecule has 1 unspecified atom stereocenters. The van der Waals surface area contributed by atoms with Gasteiger partial charge in [0.15, 0.2) is 17.3 Å². The molecule has 3 nitrogen and oxygen atoms in total. The zero-order valence-corrected chi connectivity index (χ0v) is 8.04. The van der Waals surface area contributed by atoms with Gasteiger partial charge in [-0.25, -0.2) is 4.39 Å². The van der Waals surface area contributed by atoms with Crippen molar-refractivity contribution in [2.24, 2.45) is 5.73 Å². The van der Waals surface area contributed by atoms with Crippen molar-refractivity contribution in [1.29, 1.82) is 0 Å². The predicted molar refractivity (Wildman–Crippen MR) is 50.8 cm³/mol. The minimum Gasteiger partial charge on any atom is -0.505 e. The highest BCUT2D eigenvalue weighted by Crippen LogP contribution is 2.21. The standard InChI is InChI=1S/C10H12FNO2/c1-5-3-8(11)9(13)4-7(5)10(14)6(2)12/h3-4,6,13H,12H2,1-2H3. The molecule has 0 bridgehead atoms. The van der Waals surface area contributed by atoms with E-state index >= 15 is 0 Å². The number of carbonyl (C=O) groups excluding carboxylic acids is 1. The first kappa shape index (κ1) is 10.7. The summed E-state index contributed by atoms with van der Waals surface area (Å²) < 4.78 is 12.8. The molecule has 14 heavy (non-hydrogen) atoms. The van der Waals surface area contributed by atoms with E-state index < -0.39 is 17.6 Å². The number of hydrogen-bond donors (Lipinski definition) is 2. The zero-order chi connectivity index (χ0) is 10.9. The molecule has 1 aromatic rings. The number of ketones is 1.